The van der Waals surface area contributed by atoms with E-state index in [-0.39, 0.29) is 11.8 Å². The average Bonchev–Trinajstić information content (AvgIpc) is 2.99. The number of aromatic nitrogens is 1. The Bertz CT molecular complexity index is 1020. The van der Waals surface area contributed by atoms with E-state index in [1.54, 1.807) is 13.3 Å². The molecule has 5 heteroatoms. The zero-order chi connectivity index (χ0) is 22.3. The molecule has 0 aliphatic carbocycles. The van der Waals surface area contributed by atoms with E-state index in [0.29, 0.717) is 0 Å². The van der Waals surface area contributed by atoms with E-state index >= 15 is 0 Å². The lowest BCUT2D eigenvalue weighted by atomic mass is 9.91. The lowest BCUT2D eigenvalue weighted by molar-refractivity contribution is -0.134. The smallest absolute Gasteiger partial charge is 0.227 e. The van der Waals surface area contributed by atoms with E-state index in [0.717, 1.165) is 56.0 Å². The fourth-order valence-electron chi connectivity index (χ4n) is 4.48. The number of carbonyl (C=O) groups excluding carboxylic acids is 1. The minimum atomic E-state index is -0.0754. The summed E-state index contributed by atoms with van der Waals surface area (Å²) in [5, 5.41) is 0. The number of likely N-dealkylation sites (N-methyl/N-ethyl adjacent to an activating group) is 1. The molecule has 1 aliphatic heterocycles. The summed E-state index contributed by atoms with van der Waals surface area (Å²) in [6, 6.07) is 20.6. The van der Waals surface area contributed by atoms with Gasteiger partial charge in [-0.15, -0.1) is 0 Å². The molecule has 1 aromatic heterocycles. The Labute approximate surface area is 190 Å². The van der Waals surface area contributed by atoms with Crippen LogP contribution in [0.5, 0.6) is 5.75 Å². The molecule has 1 amide bonds. The number of amides is 1. The molecule has 0 N–H and O–H groups in total. The lowest BCUT2D eigenvalue weighted by Gasteiger charge is -2.24. The van der Waals surface area contributed by atoms with E-state index in [9.17, 15) is 4.79 Å². The minimum absolute atomic E-state index is 0.0754. The summed E-state index contributed by atoms with van der Waals surface area (Å²) in [7, 11) is 1.68. The minimum Gasteiger partial charge on any atom is -0.497 e. The van der Waals surface area contributed by atoms with Gasteiger partial charge in [-0.05, 0) is 48.2 Å². The topological polar surface area (TPSA) is 45.7 Å². The van der Waals surface area contributed by atoms with Gasteiger partial charge in [0.25, 0.3) is 0 Å². The molecule has 1 saturated heterocycles. The average molecular weight is 430 g/mol. The monoisotopic (exact) mass is 429 g/mol. The second-order valence-electron chi connectivity index (χ2n) is 8.30. The van der Waals surface area contributed by atoms with Crippen LogP contribution in [0.25, 0.3) is 11.1 Å². The third kappa shape index (κ3) is 5.17. The van der Waals surface area contributed by atoms with Gasteiger partial charge in [-0.2, -0.15) is 0 Å². The maximum atomic E-state index is 13.4. The van der Waals surface area contributed by atoms with Gasteiger partial charge < -0.3 is 9.64 Å². The van der Waals surface area contributed by atoms with Gasteiger partial charge in [0.15, 0.2) is 0 Å². The van der Waals surface area contributed by atoms with Gasteiger partial charge in [0.1, 0.15) is 5.75 Å². The number of hydrogen-bond donors (Lipinski definition) is 0. The maximum absolute atomic E-state index is 13.4. The normalized spacial score (nSPS) is 17.2. The van der Waals surface area contributed by atoms with Gasteiger partial charge in [0, 0.05) is 50.7 Å². The van der Waals surface area contributed by atoms with Crippen molar-refractivity contribution in [3.63, 3.8) is 0 Å². The van der Waals surface area contributed by atoms with Gasteiger partial charge in [0.05, 0.1) is 13.0 Å². The van der Waals surface area contributed by atoms with E-state index in [1.807, 2.05) is 29.3 Å². The van der Waals surface area contributed by atoms with Crippen molar-refractivity contribution in [1.82, 2.24) is 14.8 Å². The molecule has 4 rings (SSSR count). The van der Waals surface area contributed by atoms with Crippen LogP contribution in [0.4, 0.5) is 0 Å². The molecule has 3 aromatic rings. The zero-order valence-corrected chi connectivity index (χ0v) is 18.9. The SMILES string of the molecule is CCN1CCN(Cc2ccc(OC)cc2)C[C@H](Cc2ccccc2-c2cccnc2)C1=O. The number of nitrogens with zero attached hydrogens (tertiary/aromatic N) is 3. The van der Waals surface area contributed by atoms with Crippen molar-refractivity contribution in [2.45, 2.75) is 19.9 Å². The Hall–Kier alpha value is -3.18. The lowest BCUT2D eigenvalue weighted by Crippen LogP contribution is -2.37. The number of benzene rings is 2. The molecule has 1 aliphatic rings. The molecular weight excluding hydrogens is 398 g/mol. The highest BCUT2D eigenvalue weighted by atomic mass is 16.5. The van der Waals surface area contributed by atoms with Crippen LogP contribution in [0.3, 0.4) is 0 Å². The Morgan fingerprint density at radius 3 is 2.56 bits per heavy atom. The highest BCUT2D eigenvalue weighted by molar-refractivity contribution is 5.80. The Kier molecular flexibility index (Phi) is 7.17. The first-order valence-corrected chi connectivity index (χ1v) is 11.3. The van der Waals surface area contributed by atoms with Crippen molar-refractivity contribution in [2.75, 3.05) is 33.3 Å². The van der Waals surface area contributed by atoms with Gasteiger partial charge in [-0.1, -0.05) is 42.5 Å². The molecule has 0 spiro atoms. The van der Waals surface area contributed by atoms with Crippen LogP contribution in [0, 0.1) is 5.92 Å². The van der Waals surface area contributed by atoms with Crippen LogP contribution in [-0.2, 0) is 17.8 Å². The van der Waals surface area contributed by atoms with E-state index in [1.165, 1.54) is 11.1 Å². The van der Waals surface area contributed by atoms with Crippen LogP contribution >= 0.6 is 0 Å². The van der Waals surface area contributed by atoms with Gasteiger partial charge in [-0.3, -0.25) is 14.7 Å². The van der Waals surface area contributed by atoms with Gasteiger partial charge in [-0.25, -0.2) is 0 Å². The summed E-state index contributed by atoms with van der Waals surface area (Å²) in [6.07, 6.45) is 4.40. The van der Waals surface area contributed by atoms with Crippen molar-refractivity contribution in [1.29, 1.82) is 0 Å². The highest BCUT2D eigenvalue weighted by Gasteiger charge is 2.30. The molecular formula is C27H31N3O2. The second-order valence-corrected chi connectivity index (χ2v) is 8.30. The molecule has 32 heavy (non-hydrogen) atoms. The molecule has 0 saturated carbocycles. The summed E-state index contributed by atoms with van der Waals surface area (Å²) in [5.41, 5.74) is 4.67. The summed E-state index contributed by atoms with van der Waals surface area (Å²) < 4.78 is 5.28. The summed E-state index contributed by atoms with van der Waals surface area (Å²) in [5.74, 6) is 1.04. The first-order valence-electron chi connectivity index (χ1n) is 11.3. The van der Waals surface area contributed by atoms with Crippen LogP contribution in [0.2, 0.25) is 0 Å². The van der Waals surface area contributed by atoms with Crippen LogP contribution in [0.1, 0.15) is 18.1 Å². The quantitative estimate of drug-likeness (QED) is 0.562. The van der Waals surface area contributed by atoms with E-state index < -0.39 is 0 Å². The van der Waals surface area contributed by atoms with Crippen molar-refractivity contribution in [3.05, 3.63) is 84.2 Å². The van der Waals surface area contributed by atoms with Crippen molar-refractivity contribution in [3.8, 4) is 16.9 Å². The van der Waals surface area contributed by atoms with Crippen LogP contribution < -0.4 is 4.74 Å². The van der Waals surface area contributed by atoms with Gasteiger partial charge >= 0.3 is 0 Å². The Morgan fingerprint density at radius 2 is 1.84 bits per heavy atom. The number of methoxy groups -OCH3 is 1. The fourth-order valence-corrected chi connectivity index (χ4v) is 4.48. The highest BCUT2D eigenvalue weighted by Crippen LogP contribution is 2.27. The molecule has 0 unspecified atom stereocenters. The first-order chi connectivity index (χ1) is 15.7. The van der Waals surface area contributed by atoms with Crippen LogP contribution in [0.15, 0.2) is 73.1 Å². The standard InChI is InChI=1S/C27H31N3O2/c1-3-30-16-15-29(19-21-10-12-25(32-2)13-11-21)20-24(27(30)31)17-22-7-4-5-9-26(22)23-8-6-14-28-18-23/h4-14,18,24H,3,15-17,19-20H2,1-2H3/t24-/m0/s1. The fraction of sp³-hybridized carbons (Fsp3) is 0.333. The predicted molar refractivity (Wildman–Crippen MR) is 127 cm³/mol. The summed E-state index contributed by atoms with van der Waals surface area (Å²) in [6.45, 7) is 6.05. The first kappa shape index (κ1) is 22.0. The third-order valence-electron chi connectivity index (χ3n) is 6.23. The Balaban J connectivity index is 1.56. The number of pyridine rings is 1. The number of hydrogen-bond acceptors (Lipinski definition) is 4. The summed E-state index contributed by atoms with van der Waals surface area (Å²) in [4.78, 5) is 22.1. The molecule has 1 fully saturated rings. The molecule has 0 radical (unpaired) electrons. The number of ether oxygens (including phenoxy) is 1. The van der Waals surface area contributed by atoms with Crippen molar-refractivity contribution >= 4 is 5.91 Å². The second kappa shape index (κ2) is 10.4. The van der Waals surface area contributed by atoms with Crippen LogP contribution in [-0.4, -0.2) is 54.0 Å². The third-order valence-corrected chi connectivity index (χ3v) is 6.23. The van der Waals surface area contributed by atoms with Gasteiger partial charge in [0.2, 0.25) is 5.91 Å². The molecule has 0 bridgehead atoms. The van der Waals surface area contributed by atoms with Crippen molar-refractivity contribution < 1.29 is 9.53 Å². The molecule has 2 aromatic carbocycles. The largest absolute Gasteiger partial charge is 0.497 e. The van der Waals surface area contributed by atoms with E-state index in [4.69, 9.17) is 4.74 Å². The molecule has 5 nitrogen and oxygen atoms in total. The maximum Gasteiger partial charge on any atom is 0.227 e. The molecule has 166 valence electrons. The molecule has 2 heterocycles. The zero-order valence-electron chi connectivity index (χ0n) is 18.9. The summed E-state index contributed by atoms with van der Waals surface area (Å²) >= 11 is 0. The number of rotatable bonds is 7. The van der Waals surface area contributed by atoms with E-state index in [2.05, 4.69) is 59.3 Å². The molecule has 1 atom stereocenters. The predicted octanol–water partition coefficient (Wildman–Crippen LogP) is 4.28. The van der Waals surface area contributed by atoms with Crippen molar-refractivity contribution in [2.24, 2.45) is 5.92 Å². The Morgan fingerprint density at radius 1 is 1.03 bits per heavy atom. The number of carbonyl (C=O) groups is 1.